The van der Waals surface area contributed by atoms with Crippen molar-refractivity contribution in [1.29, 1.82) is 0 Å². The second kappa shape index (κ2) is 3.51. The van der Waals surface area contributed by atoms with Crippen molar-refractivity contribution in [1.82, 2.24) is 4.73 Å². The fourth-order valence-corrected chi connectivity index (χ4v) is 0.742. The second-order valence-corrected chi connectivity index (χ2v) is 2.19. The molecule has 0 saturated heterocycles. The molecule has 0 spiro atoms. The first-order valence-corrected chi connectivity index (χ1v) is 3.26. The van der Waals surface area contributed by atoms with Gasteiger partial charge in [-0.3, -0.25) is 10.1 Å². The average Bonchev–Trinajstić information content (AvgIpc) is 2.07. The SMILES string of the molecule is O=[N+]([O-])N=c1ccc([N+](=O)[O-])cn1O. The molecule has 0 aliphatic carbocycles. The van der Waals surface area contributed by atoms with Crippen molar-refractivity contribution in [2.45, 2.75) is 0 Å². The number of nitro groups is 2. The molecule has 0 saturated carbocycles. The van der Waals surface area contributed by atoms with Crippen molar-refractivity contribution in [3.63, 3.8) is 0 Å². The van der Waals surface area contributed by atoms with Crippen LogP contribution in [0.5, 0.6) is 0 Å². The van der Waals surface area contributed by atoms with Crippen molar-refractivity contribution in [2.75, 3.05) is 0 Å². The van der Waals surface area contributed by atoms with Gasteiger partial charge in [0.15, 0.2) is 5.03 Å². The van der Waals surface area contributed by atoms with Crippen LogP contribution in [0.4, 0.5) is 5.69 Å². The van der Waals surface area contributed by atoms with Crippen molar-refractivity contribution in [3.05, 3.63) is 44.0 Å². The van der Waals surface area contributed by atoms with Crippen molar-refractivity contribution in [3.8, 4) is 0 Å². The molecule has 1 aromatic rings. The first kappa shape index (κ1) is 9.64. The first-order chi connectivity index (χ1) is 6.50. The normalized spacial score (nSPS) is 11.3. The molecule has 9 nitrogen and oxygen atoms in total. The third-order valence-corrected chi connectivity index (χ3v) is 1.29. The second-order valence-electron chi connectivity index (χ2n) is 2.19. The van der Waals surface area contributed by atoms with Gasteiger partial charge in [0.1, 0.15) is 6.20 Å². The van der Waals surface area contributed by atoms with Crippen molar-refractivity contribution < 1.29 is 15.2 Å². The van der Waals surface area contributed by atoms with Gasteiger partial charge in [0.2, 0.25) is 5.49 Å². The van der Waals surface area contributed by atoms with Crippen LogP contribution in [-0.4, -0.2) is 19.9 Å². The molecule has 14 heavy (non-hydrogen) atoms. The molecule has 74 valence electrons. The summed E-state index contributed by atoms with van der Waals surface area (Å²) >= 11 is 0. The van der Waals surface area contributed by atoms with E-state index in [2.05, 4.69) is 5.10 Å². The van der Waals surface area contributed by atoms with Crippen LogP contribution in [0.1, 0.15) is 0 Å². The van der Waals surface area contributed by atoms with E-state index in [1.54, 1.807) is 0 Å². The van der Waals surface area contributed by atoms with Gasteiger partial charge >= 0.3 is 0 Å². The Labute approximate surface area is 75.8 Å². The topological polar surface area (TPSA) is 124 Å². The van der Waals surface area contributed by atoms with E-state index in [4.69, 9.17) is 5.21 Å². The first-order valence-electron chi connectivity index (χ1n) is 3.26. The average molecular weight is 200 g/mol. The summed E-state index contributed by atoms with van der Waals surface area (Å²) in [7, 11) is 0. The molecule has 0 unspecified atom stereocenters. The largest absolute Gasteiger partial charge is 0.426 e. The summed E-state index contributed by atoms with van der Waals surface area (Å²) in [4.78, 5) is 19.4. The fourth-order valence-electron chi connectivity index (χ4n) is 0.742. The molecule has 9 heteroatoms. The number of hydrogen-bond acceptors (Lipinski definition) is 5. The van der Waals surface area contributed by atoms with E-state index in [1.165, 1.54) is 0 Å². The Bertz CT molecular complexity index is 450. The smallest absolute Gasteiger partial charge is 0.289 e. The molecule has 0 radical (unpaired) electrons. The lowest BCUT2D eigenvalue weighted by atomic mass is 10.4. The fraction of sp³-hybridized carbons (Fsp3) is 0. The summed E-state index contributed by atoms with van der Waals surface area (Å²) in [6.07, 6.45) is 0.711. The van der Waals surface area contributed by atoms with E-state index in [1.807, 2.05) is 0 Å². The van der Waals surface area contributed by atoms with E-state index in [-0.39, 0.29) is 4.73 Å². The van der Waals surface area contributed by atoms with Crippen LogP contribution >= 0.6 is 0 Å². The Balaban J connectivity index is 3.27. The van der Waals surface area contributed by atoms with Gasteiger partial charge in [-0.25, -0.2) is 10.1 Å². The summed E-state index contributed by atoms with van der Waals surface area (Å²) in [6.45, 7) is 0. The Kier molecular flexibility index (Phi) is 2.42. The van der Waals surface area contributed by atoms with Gasteiger partial charge in [-0.05, 0) is 6.07 Å². The molecule has 1 rings (SSSR count). The van der Waals surface area contributed by atoms with Gasteiger partial charge < -0.3 is 5.21 Å². The highest BCUT2D eigenvalue weighted by Crippen LogP contribution is 2.04. The lowest BCUT2D eigenvalue weighted by molar-refractivity contribution is -0.491. The van der Waals surface area contributed by atoms with Gasteiger partial charge in [-0.2, -0.15) is 4.73 Å². The quantitative estimate of drug-likeness (QED) is 0.399. The third kappa shape index (κ3) is 2.03. The van der Waals surface area contributed by atoms with Crippen molar-refractivity contribution in [2.24, 2.45) is 5.10 Å². The van der Waals surface area contributed by atoms with Gasteiger partial charge in [-0.15, -0.1) is 0 Å². The lowest BCUT2D eigenvalue weighted by Crippen LogP contribution is -2.19. The molecule has 1 aromatic heterocycles. The zero-order valence-corrected chi connectivity index (χ0v) is 6.60. The van der Waals surface area contributed by atoms with E-state index >= 15 is 0 Å². The highest BCUT2D eigenvalue weighted by atomic mass is 16.7. The van der Waals surface area contributed by atoms with E-state index in [9.17, 15) is 20.2 Å². The van der Waals surface area contributed by atoms with E-state index < -0.39 is 21.1 Å². The number of hydrogen-bond donors (Lipinski definition) is 1. The van der Waals surface area contributed by atoms with Crippen LogP contribution in [0.15, 0.2) is 23.4 Å². The van der Waals surface area contributed by atoms with Crippen molar-refractivity contribution >= 4 is 5.69 Å². The van der Waals surface area contributed by atoms with Gasteiger partial charge in [-0.1, -0.05) is 0 Å². The van der Waals surface area contributed by atoms with E-state index in [0.717, 1.165) is 12.1 Å². The van der Waals surface area contributed by atoms with E-state index in [0.29, 0.717) is 6.20 Å². The maximum atomic E-state index is 10.2. The monoisotopic (exact) mass is 200 g/mol. The van der Waals surface area contributed by atoms with Gasteiger partial charge in [0.25, 0.3) is 5.69 Å². The standard InChI is InChI=1S/C5H4N4O5/c10-7-3-4(8(11)12)1-2-5(7)6-9(13)14/h1-3,10H. The molecular formula is C5H4N4O5. The summed E-state index contributed by atoms with van der Waals surface area (Å²) < 4.78 is 0.209. The summed E-state index contributed by atoms with van der Waals surface area (Å²) in [6, 6.07) is 1.95. The molecule has 0 fully saturated rings. The molecule has 0 aliphatic rings. The summed E-state index contributed by atoms with van der Waals surface area (Å²) in [5, 5.41) is 30.9. The predicted molar refractivity (Wildman–Crippen MR) is 40.8 cm³/mol. The number of nitrogens with zero attached hydrogens (tertiary/aromatic N) is 4. The highest BCUT2D eigenvalue weighted by molar-refractivity contribution is 5.23. The summed E-state index contributed by atoms with van der Waals surface area (Å²) in [5.41, 5.74) is -0.796. The Morgan fingerprint density at radius 1 is 1.36 bits per heavy atom. The zero-order valence-electron chi connectivity index (χ0n) is 6.60. The summed E-state index contributed by atoms with van der Waals surface area (Å²) in [5.74, 6) is 0. The molecule has 0 amide bonds. The maximum absolute atomic E-state index is 10.2. The van der Waals surface area contributed by atoms with Crippen LogP contribution in [-0.2, 0) is 0 Å². The minimum Gasteiger partial charge on any atom is -0.426 e. The molecular weight excluding hydrogens is 196 g/mol. The number of rotatable bonds is 2. The van der Waals surface area contributed by atoms with Gasteiger partial charge in [0.05, 0.1) is 10.0 Å². The van der Waals surface area contributed by atoms with Gasteiger partial charge in [0, 0.05) is 6.07 Å². The third-order valence-electron chi connectivity index (χ3n) is 1.29. The predicted octanol–water partition coefficient (Wildman–Crippen LogP) is -0.274. The number of pyridine rings is 1. The molecule has 0 bridgehead atoms. The van der Waals surface area contributed by atoms with Crippen LogP contribution in [0.3, 0.4) is 0 Å². The molecule has 1 N–H and O–H groups in total. The van der Waals surface area contributed by atoms with Crippen LogP contribution < -0.4 is 5.49 Å². The van der Waals surface area contributed by atoms with Crippen LogP contribution in [0, 0.1) is 20.2 Å². The van der Waals surface area contributed by atoms with Crippen LogP contribution in [0.25, 0.3) is 0 Å². The number of aromatic nitrogens is 1. The Hall–Kier alpha value is -2.45. The maximum Gasteiger partial charge on any atom is 0.289 e. The Morgan fingerprint density at radius 2 is 2.00 bits per heavy atom. The lowest BCUT2D eigenvalue weighted by Gasteiger charge is -1.94. The zero-order chi connectivity index (χ0) is 10.7. The minimum absolute atomic E-state index is 0.209. The van der Waals surface area contributed by atoms with Crippen LogP contribution in [0.2, 0.25) is 0 Å². The molecule has 0 aliphatic heterocycles. The molecule has 0 aromatic carbocycles. The highest BCUT2D eigenvalue weighted by Gasteiger charge is 2.07. The molecule has 1 heterocycles. The minimum atomic E-state index is -1.02. The molecule has 0 atom stereocenters. The Morgan fingerprint density at radius 3 is 2.43 bits per heavy atom.